The highest BCUT2D eigenvalue weighted by molar-refractivity contribution is 7.09. The van der Waals surface area contributed by atoms with Gasteiger partial charge in [0.2, 0.25) is 0 Å². The van der Waals surface area contributed by atoms with E-state index in [0.29, 0.717) is 6.42 Å². The lowest BCUT2D eigenvalue weighted by molar-refractivity contribution is 0.299. The van der Waals surface area contributed by atoms with Gasteiger partial charge in [-0.15, -0.1) is 22.7 Å². The lowest BCUT2D eigenvalue weighted by Gasteiger charge is -1.84. The van der Waals surface area contributed by atoms with Gasteiger partial charge in [0.1, 0.15) is 0 Å². The molecule has 0 radical (unpaired) electrons. The van der Waals surface area contributed by atoms with Crippen LogP contribution in [-0.2, 0) is 6.42 Å². The summed E-state index contributed by atoms with van der Waals surface area (Å²) in [6.45, 7) is 2.19. The Balaban J connectivity index is 0.000000146. The standard InChI is InChI=1S/C5H7NOS.C4H5NS/c7-3-1-5-6-2-4-8-5;1-4-5-2-3-6-4/h2,4,7H,1,3H2;2-3H,1H3. The average Bonchev–Trinajstić information content (AvgIpc) is 2.79. The SMILES string of the molecule is Cc1nccs1.OCCc1nccs1. The van der Waals surface area contributed by atoms with Crippen molar-refractivity contribution in [2.75, 3.05) is 6.61 Å². The Morgan fingerprint density at radius 2 is 1.93 bits per heavy atom. The smallest absolute Gasteiger partial charge is 0.0947 e. The third kappa shape index (κ3) is 4.45. The second kappa shape index (κ2) is 6.64. The highest BCUT2D eigenvalue weighted by atomic mass is 32.1. The van der Waals surface area contributed by atoms with E-state index in [1.165, 1.54) is 0 Å². The van der Waals surface area contributed by atoms with E-state index in [1.807, 2.05) is 17.7 Å². The van der Waals surface area contributed by atoms with E-state index in [1.54, 1.807) is 35.1 Å². The van der Waals surface area contributed by atoms with E-state index in [9.17, 15) is 0 Å². The molecule has 0 saturated carbocycles. The average molecular weight is 228 g/mol. The molecule has 0 fully saturated rings. The van der Waals surface area contributed by atoms with Gasteiger partial charge in [-0.25, -0.2) is 4.98 Å². The summed E-state index contributed by atoms with van der Waals surface area (Å²) < 4.78 is 0. The Kier molecular flexibility index (Phi) is 5.36. The van der Waals surface area contributed by atoms with Gasteiger partial charge in [0, 0.05) is 36.2 Å². The highest BCUT2D eigenvalue weighted by Gasteiger charge is 1.89. The Labute approximate surface area is 91.1 Å². The first kappa shape index (κ1) is 11.3. The molecule has 3 nitrogen and oxygen atoms in total. The maximum Gasteiger partial charge on any atom is 0.0947 e. The Morgan fingerprint density at radius 3 is 2.29 bits per heavy atom. The van der Waals surface area contributed by atoms with Crippen LogP contribution in [0.4, 0.5) is 0 Å². The molecule has 2 aromatic rings. The fourth-order valence-electron chi connectivity index (χ4n) is 0.767. The van der Waals surface area contributed by atoms with Crippen LogP contribution in [0, 0.1) is 6.92 Å². The summed E-state index contributed by atoms with van der Waals surface area (Å²) in [5.41, 5.74) is 0. The predicted molar refractivity (Wildman–Crippen MR) is 59.8 cm³/mol. The van der Waals surface area contributed by atoms with Crippen LogP contribution in [0.15, 0.2) is 23.2 Å². The molecule has 0 saturated heterocycles. The minimum absolute atomic E-state index is 0.202. The molecule has 0 bridgehead atoms. The van der Waals surface area contributed by atoms with Crippen molar-refractivity contribution in [2.24, 2.45) is 0 Å². The molecular formula is C9H12N2OS2. The number of hydrogen-bond donors (Lipinski definition) is 1. The van der Waals surface area contributed by atoms with Crippen LogP contribution in [0.2, 0.25) is 0 Å². The molecule has 14 heavy (non-hydrogen) atoms. The number of rotatable bonds is 2. The molecule has 0 aliphatic carbocycles. The first-order valence-electron chi connectivity index (χ1n) is 4.18. The summed E-state index contributed by atoms with van der Waals surface area (Å²) in [6.07, 6.45) is 4.24. The molecule has 5 heteroatoms. The minimum atomic E-state index is 0.202. The van der Waals surface area contributed by atoms with Crippen molar-refractivity contribution >= 4 is 22.7 Å². The minimum Gasteiger partial charge on any atom is -0.396 e. The zero-order valence-corrected chi connectivity index (χ0v) is 9.51. The van der Waals surface area contributed by atoms with Crippen LogP contribution in [0.5, 0.6) is 0 Å². The zero-order valence-electron chi connectivity index (χ0n) is 7.88. The van der Waals surface area contributed by atoms with Gasteiger partial charge in [0.15, 0.2) is 0 Å². The van der Waals surface area contributed by atoms with Crippen LogP contribution < -0.4 is 0 Å². The summed E-state index contributed by atoms with van der Waals surface area (Å²) in [4.78, 5) is 7.90. The molecule has 1 N–H and O–H groups in total. The van der Waals surface area contributed by atoms with Gasteiger partial charge in [0.05, 0.1) is 10.0 Å². The number of aromatic nitrogens is 2. The third-order valence-corrected chi connectivity index (χ3v) is 2.91. The van der Waals surface area contributed by atoms with Crippen molar-refractivity contribution < 1.29 is 5.11 Å². The van der Waals surface area contributed by atoms with Crippen molar-refractivity contribution in [2.45, 2.75) is 13.3 Å². The number of aliphatic hydroxyl groups is 1. The maximum absolute atomic E-state index is 8.40. The van der Waals surface area contributed by atoms with Gasteiger partial charge < -0.3 is 5.11 Å². The van der Waals surface area contributed by atoms with Crippen LogP contribution in [0.25, 0.3) is 0 Å². The van der Waals surface area contributed by atoms with Crippen molar-refractivity contribution in [1.82, 2.24) is 9.97 Å². The summed E-state index contributed by atoms with van der Waals surface area (Å²) in [7, 11) is 0. The largest absolute Gasteiger partial charge is 0.396 e. The molecule has 0 spiro atoms. The Hall–Kier alpha value is -0.780. The first-order chi connectivity index (χ1) is 6.83. The Bertz CT molecular complexity index is 318. The highest BCUT2D eigenvalue weighted by Crippen LogP contribution is 2.02. The molecule has 0 amide bonds. The van der Waals surface area contributed by atoms with E-state index in [0.717, 1.165) is 10.0 Å². The summed E-state index contributed by atoms with van der Waals surface area (Å²) in [5.74, 6) is 0. The molecule has 0 atom stereocenters. The molecule has 76 valence electrons. The second-order valence-electron chi connectivity index (χ2n) is 2.45. The second-order valence-corrected chi connectivity index (χ2v) is 4.53. The molecule has 0 aliphatic heterocycles. The quantitative estimate of drug-likeness (QED) is 0.856. The van der Waals surface area contributed by atoms with Gasteiger partial charge in [-0.2, -0.15) is 0 Å². The predicted octanol–water partition coefficient (Wildman–Crippen LogP) is 2.13. The normalized spacial score (nSPS) is 9.29. The molecule has 0 unspecified atom stereocenters. The molecule has 0 aromatic carbocycles. The molecule has 0 aliphatic rings. The van der Waals surface area contributed by atoms with Crippen LogP contribution in [-0.4, -0.2) is 21.7 Å². The van der Waals surface area contributed by atoms with Crippen molar-refractivity contribution in [1.29, 1.82) is 0 Å². The van der Waals surface area contributed by atoms with Gasteiger partial charge in [-0.3, -0.25) is 4.98 Å². The number of thiazole rings is 2. The van der Waals surface area contributed by atoms with Crippen molar-refractivity contribution in [3.63, 3.8) is 0 Å². The zero-order chi connectivity index (χ0) is 10.2. The number of aliphatic hydroxyl groups excluding tert-OH is 1. The lowest BCUT2D eigenvalue weighted by atomic mass is 10.5. The first-order valence-corrected chi connectivity index (χ1v) is 5.94. The fourth-order valence-corrected chi connectivity index (χ4v) is 1.82. The van der Waals surface area contributed by atoms with Gasteiger partial charge in [-0.1, -0.05) is 0 Å². The van der Waals surface area contributed by atoms with E-state index >= 15 is 0 Å². The maximum atomic E-state index is 8.40. The van der Waals surface area contributed by atoms with E-state index in [2.05, 4.69) is 9.97 Å². The number of nitrogens with zero attached hydrogens (tertiary/aromatic N) is 2. The van der Waals surface area contributed by atoms with E-state index in [-0.39, 0.29) is 6.61 Å². The van der Waals surface area contributed by atoms with Crippen LogP contribution >= 0.6 is 22.7 Å². The fraction of sp³-hybridized carbons (Fsp3) is 0.333. The van der Waals surface area contributed by atoms with Crippen LogP contribution in [0.3, 0.4) is 0 Å². The summed E-state index contributed by atoms with van der Waals surface area (Å²) in [5, 5.41) is 14.4. The van der Waals surface area contributed by atoms with E-state index < -0.39 is 0 Å². The summed E-state index contributed by atoms with van der Waals surface area (Å²) in [6, 6.07) is 0. The monoisotopic (exact) mass is 228 g/mol. The molecule has 2 rings (SSSR count). The number of aryl methyl sites for hydroxylation is 1. The third-order valence-electron chi connectivity index (χ3n) is 1.36. The summed E-state index contributed by atoms with van der Waals surface area (Å²) >= 11 is 3.24. The van der Waals surface area contributed by atoms with Crippen LogP contribution in [0.1, 0.15) is 10.0 Å². The number of hydrogen-bond acceptors (Lipinski definition) is 5. The van der Waals surface area contributed by atoms with Gasteiger partial charge in [0.25, 0.3) is 0 Å². The van der Waals surface area contributed by atoms with Gasteiger partial charge in [-0.05, 0) is 6.92 Å². The Morgan fingerprint density at radius 1 is 1.21 bits per heavy atom. The van der Waals surface area contributed by atoms with E-state index in [4.69, 9.17) is 5.11 Å². The van der Waals surface area contributed by atoms with Crippen molar-refractivity contribution in [3.05, 3.63) is 33.2 Å². The molecule has 2 aromatic heterocycles. The molecular weight excluding hydrogens is 216 g/mol. The van der Waals surface area contributed by atoms with Crippen molar-refractivity contribution in [3.8, 4) is 0 Å². The lowest BCUT2D eigenvalue weighted by Crippen LogP contribution is -1.87. The topological polar surface area (TPSA) is 46.0 Å². The van der Waals surface area contributed by atoms with Gasteiger partial charge >= 0.3 is 0 Å². The molecule has 2 heterocycles.